The van der Waals surface area contributed by atoms with E-state index in [0.717, 1.165) is 31.1 Å². The van der Waals surface area contributed by atoms with Crippen molar-refractivity contribution in [1.29, 1.82) is 0 Å². The van der Waals surface area contributed by atoms with Gasteiger partial charge in [-0.1, -0.05) is 41.9 Å². The molecule has 0 aliphatic heterocycles. The Morgan fingerprint density at radius 3 is 2.58 bits per heavy atom. The number of nitrogens with two attached hydrogens (primary N) is 1. The van der Waals surface area contributed by atoms with Crippen molar-refractivity contribution >= 4 is 22.4 Å². The second kappa shape index (κ2) is 6.78. The maximum atomic E-state index is 11.9. The molecule has 1 aromatic heterocycles. The number of H-pyrrole nitrogens is 1. The number of hydrogen-bond acceptors (Lipinski definition) is 3. The van der Waals surface area contributed by atoms with Crippen LogP contribution in [-0.4, -0.2) is 11.1 Å². The number of rotatable bonds is 3. The van der Waals surface area contributed by atoms with Gasteiger partial charge in [0.2, 0.25) is 0 Å². The second-order valence-electron chi connectivity index (χ2n) is 7.02. The summed E-state index contributed by atoms with van der Waals surface area (Å²) < 4.78 is 6.16. The molecule has 0 unspecified atom stereocenters. The molecule has 5 heteroatoms. The van der Waals surface area contributed by atoms with Crippen molar-refractivity contribution in [3.05, 3.63) is 75.7 Å². The van der Waals surface area contributed by atoms with Crippen molar-refractivity contribution in [3.8, 4) is 5.75 Å². The lowest BCUT2D eigenvalue weighted by Gasteiger charge is -2.37. The monoisotopic (exact) mass is 368 g/mol. The van der Waals surface area contributed by atoms with Crippen LogP contribution >= 0.6 is 11.6 Å². The number of nitrogens with one attached hydrogen (secondary N) is 1. The number of aromatic amines is 1. The van der Waals surface area contributed by atoms with E-state index in [4.69, 9.17) is 22.1 Å². The molecule has 1 aliphatic rings. The lowest BCUT2D eigenvalue weighted by Crippen LogP contribution is -2.42. The molecule has 0 bridgehead atoms. The Balaban J connectivity index is 1.50. The van der Waals surface area contributed by atoms with Crippen LogP contribution in [0.2, 0.25) is 5.02 Å². The van der Waals surface area contributed by atoms with Crippen molar-refractivity contribution in [2.75, 3.05) is 0 Å². The third kappa shape index (κ3) is 3.22. The molecule has 2 aromatic carbocycles. The normalized spacial score (nSPS) is 23.1. The number of hydrogen-bond donors (Lipinski definition) is 2. The maximum Gasteiger partial charge on any atom is 0.255 e. The maximum absolute atomic E-state index is 11.9. The minimum absolute atomic E-state index is 0.0762. The van der Waals surface area contributed by atoms with E-state index in [-0.39, 0.29) is 17.2 Å². The van der Waals surface area contributed by atoms with Crippen LogP contribution in [0.25, 0.3) is 10.8 Å². The third-order valence-electron chi connectivity index (χ3n) is 5.29. The minimum Gasteiger partial charge on any atom is -0.489 e. The van der Waals surface area contributed by atoms with E-state index in [9.17, 15) is 4.79 Å². The third-order valence-corrected chi connectivity index (χ3v) is 5.59. The van der Waals surface area contributed by atoms with Crippen molar-refractivity contribution in [2.45, 2.75) is 37.3 Å². The number of pyridine rings is 1. The highest BCUT2D eigenvalue weighted by Gasteiger charge is 2.34. The van der Waals surface area contributed by atoms with Gasteiger partial charge in [0, 0.05) is 17.1 Å². The summed E-state index contributed by atoms with van der Waals surface area (Å²) in [6.45, 7) is 0. The summed E-state index contributed by atoms with van der Waals surface area (Å²) in [6.07, 6.45) is 5.18. The molecule has 1 saturated carbocycles. The SMILES string of the molecule is N[C@]1(c2ccccc2)CC[C@H](Oc2cc3cc[nH]c(=O)c3cc2Cl)CC1. The van der Waals surface area contributed by atoms with E-state index < -0.39 is 0 Å². The zero-order valence-corrected chi connectivity index (χ0v) is 15.1. The molecule has 1 heterocycles. The van der Waals surface area contributed by atoms with Crippen molar-refractivity contribution in [2.24, 2.45) is 5.73 Å². The number of aromatic nitrogens is 1. The first kappa shape index (κ1) is 17.1. The van der Waals surface area contributed by atoms with Gasteiger partial charge in [-0.05, 0) is 54.8 Å². The molecule has 1 fully saturated rings. The summed E-state index contributed by atoms with van der Waals surface area (Å²) in [4.78, 5) is 14.5. The zero-order chi connectivity index (χ0) is 18.1. The van der Waals surface area contributed by atoms with E-state index in [1.165, 1.54) is 5.56 Å². The Morgan fingerprint density at radius 2 is 1.85 bits per heavy atom. The molecule has 3 aromatic rings. The average Bonchev–Trinajstić information content (AvgIpc) is 2.66. The highest BCUT2D eigenvalue weighted by Crippen LogP contribution is 2.38. The van der Waals surface area contributed by atoms with E-state index >= 15 is 0 Å². The van der Waals surface area contributed by atoms with Gasteiger partial charge in [0.1, 0.15) is 5.75 Å². The Labute approximate surface area is 156 Å². The number of ether oxygens (including phenoxy) is 1. The zero-order valence-electron chi connectivity index (χ0n) is 14.4. The average molecular weight is 369 g/mol. The standard InChI is InChI=1S/C21H21ClN2O2/c22-18-13-17-14(8-11-24-20(17)25)12-19(18)26-16-6-9-21(23,10-7-16)15-4-2-1-3-5-15/h1-5,8,11-13,16H,6-7,9-10,23H2,(H,24,25)/t16-,21+. The van der Waals surface area contributed by atoms with Crippen LogP contribution in [0.15, 0.2) is 59.5 Å². The largest absolute Gasteiger partial charge is 0.489 e. The molecule has 0 amide bonds. The molecular formula is C21H21ClN2O2. The second-order valence-corrected chi connectivity index (χ2v) is 7.42. The van der Waals surface area contributed by atoms with Gasteiger partial charge in [-0.15, -0.1) is 0 Å². The molecule has 3 N–H and O–H groups in total. The summed E-state index contributed by atoms with van der Waals surface area (Å²) in [5.41, 5.74) is 7.38. The van der Waals surface area contributed by atoms with Crippen LogP contribution in [0.3, 0.4) is 0 Å². The Morgan fingerprint density at radius 1 is 1.12 bits per heavy atom. The van der Waals surface area contributed by atoms with Crippen LogP contribution in [0.4, 0.5) is 0 Å². The number of fused-ring (bicyclic) bond motifs is 1. The number of benzene rings is 2. The van der Waals surface area contributed by atoms with E-state index in [1.54, 1.807) is 12.3 Å². The predicted octanol–water partition coefficient (Wildman–Crippen LogP) is 4.36. The summed E-state index contributed by atoms with van der Waals surface area (Å²) in [7, 11) is 0. The van der Waals surface area contributed by atoms with Crippen LogP contribution in [0.5, 0.6) is 5.75 Å². The van der Waals surface area contributed by atoms with Crippen LogP contribution in [-0.2, 0) is 5.54 Å². The quantitative estimate of drug-likeness (QED) is 0.721. The van der Waals surface area contributed by atoms with Gasteiger partial charge in [0.15, 0.2) is 0 Å². The van der Waals surface area contributed by atoms with Crippen LogP contribution in [0, 0.1) is 0 Å². The molecule has 0 radical (unpaired) electrons. The van der Waals surface area contributed by atoms with E-state index in [1.807, 2.05) is 30.3 Å². The van der Waals surface area contributed by atoms with Gasteiger partial charge in [0.05, 0.1) is 11.1 Å². The Kier molecular flexibility index (Phi) is 4.47. The lowest BCUT2D eigenvalue weighted by molar-refractivity contribution is 0.118. The fraction of sp³-hybridized carbons (Fsp3) is 0.286. The topological polar surface area (TPSA) is 68.1 Å². The highest BCUT2D eigenvalue weighted by atomic mass is 35.5. The first-order valence-electron chi connectivity index (χ1n) is 8.87. The fourth-order valence-electron chi connectivity index (χ4n) is 3.74. The predicted molar refractivity (Wildman–Crippen MR) is 105 cm³/mol. The van der Waals surface area contributed by atoms with Crippen molar-refractivity contribution in [1.82, 2.24) is 4.98 Å². The molecule has 134 valence electrons. The van der Waals surface area contributed by atoms with Crippen molar-refractivity contribution < 1.29 is 4.74 Å². The van der Waals surface area contributed by atoms with E-state index in [2.05, 4.69) is 17.1 Å². The Hall–Kier alpha value is -2.30. The number of halogens is 1. The summed E-state index contributed by atoms with van der Waals surface area (Å²) in [5, 5.41) is 1.85. The first-order valence-corrected chi connectivity index (χ1v) is 9.25. The lowest BCUT2D eigenvalue weighted by atomic mass is 9.76. The summed E-state index contributed by atoms with van der Waals surface area (Å²) >= 11 is 6.34. The highest BCUT2D eigenvalue weighted by molar-refractivity contribution is 6.32. The van der Waals surface area contributed by atoms with Gasteiger partial charge in [0.25, 0.3) is 5.56 Å². The summed E-state index contributed by atoms with van der Waals surface area (Å²) in [5.74, 6) is 0.624. The van der Waals surface area contributed by atoms with Crippen LogP contribution in [0.1, 0.15) is 31.2 Å². The first-order chi connectivity index (χ1) is 12.5. The smallest absolute Gasteiger partial charge is 0.255 e. The van der Waals surface area contributed by atoms with Crippen LogP contribution < -0.4 is 16.0 Å². The Bertz CT molecular complexity index is 976. The van der Waals surface area contributed by atoms with Gasteiger partial charge in [-0.2, -0.15) is 0 Å². The van der Waals surface area contributed by atoms with Gasteiger partial charge < -0.3 is 15.5 Å². The molecule has 1 aliphatic carbocycles. The molecule has 4 rings (SSSR count). The molecule has 0 atom stereocenters. The van der Waals surface area contributed by atoms with Gasteiger partial charge in [-0.3, -0.25) is 4.79 Å². The molecule has 0 saturated heterocycles. The molecule has 26 heavy (non-hydrogen) atoms. The summed E-state index contributed by atoms with van der Waals surface area (Å²) in [6, 6.07) is 15.6. The molecule has 0 spiro atoms. The molecular weight excluding hydrogens is 348 g/mol. The molecule has 4 nitrogen and oxygen atoms in total. The van der Waals surface area contributed by atoms with E-state index in [0.29, 0.717) is 16.2 Å². The van der Waals surface area contributed by atoms with Crippen molar-refractivity contribution in [3.63, 3.8) is 0 Å². The van der Waals surface area contributed by atoms with Gasteiger partial charge in [-0.25, -0.2) is 0 Å². The fourth-order valence-corrected chi connectivity index (χ4v) is 3.95. The minimum atomic E-state index is -0.290. The van der Waals surface area contributed by atoms with Gasteiger partial charge >= 0.3 is 0 Å².